The Balaban J connectivity index is 2.77. The first-order chi connectivity index (χ1) is 8.66. The third kappa shape index (κ3) is 2.11. The highest BCUT2D eigenvalue weighted by molar-refractivity contribution is 6.38. The van der Waals surface area contributed by atoms with Gasteiger partial charge in [-0.2, -0.15) is 0 Å². The molecule has 0 radical (unpaired) electrons. The first-order valence-electron chi connectivity index (χ1n) is 5.88. The van der Waals surface area contributed by atoms with Gasteiger partial charge in [0.05, 0.1) is 11.1 Å². The second-order valence-corrected chi connectivity index (χ2v) is 6.08. The van der Waals surface area contributed by atoms with E-state index in [4.69, 9.17) is 23.2 Å². The lowest BCUT2D eigenvalue weighted by molar-refractivity contribution is -0.115. The molecule has 0 aliphatic carbocycles. The summed E-state index contributed by atoms with van der Waals surface area (Å²) in [6, 6.07) is 1.70. The Morgan fingerprint density at radius 3 is 2.32 bits per heavy atom. The van der Waals surface area contributed by atoms with E-state index in [1.165, 1.54) is 0 Å². The molecule has 1 aromatic rings. The van der Waals surface area contributed by atoms with Crippen molar-refractivity contribution >= 4 is 34.7 Å². The SMILES string of the molecule is Cc1cc(Cl)c(C2=C(O)C(C)(C)NC2=O)c(C)c1Cl. The van der Waals surface area contributed by atoms with Gasteiger partial charge >= 0.3 is 0 Å². The highest BCUT2D eigenvalue weighted by Crippen LogP contribution is 2.39. The van der Waals surface area contributed by atoms with E-state index in [-0.39, 0.29) is 17.2 Å². The molecule has 2 N–H and O–H groups in total. The van der Waals surface area contributed by atoms with Crippen LogP contribution in [0.1, 0.15) is 30.5 Å². The molecule has 102 valence electrons. The van der Waals surface area contributed by atoms with Gasteiger partial charge in [-0.1, -0.05) is 23.2 Å². The molecule has 1 aliphatic rings. The van der Waals surface area contributed by atoms with Crippen molar-refractivity contribution in [2.24, 2.45) is 0 Å². The van der Waals surface area contributed by atoms with E-state index in [2.05, 4.69) is 5.32 Å². The minimum atomic E-state index is -0.792. The standard InChI is InChI=1S/C14H15Cl2NO2/c1-6-5-8(15)9(7(2)11(6)16)10-12(18)14(3,4)17-13(10)19/h5,18H,1-4H3,(H,17,19). The Labute approximate surface area is 122 Å². The van der Waals surface area contributed by atoms with E-state index >= 15 is 0 Å². The molecule has 2 rings (SSSR count). The van der Waals surface area contributed by atoms with Gasteiger partial charge in [0.1, 0.15) is 5.76 Å². The van der Waals surface area contributed by atoms with Crippen LogP contribution in [0.5, 0.6) is 0 Å². The molecule has 5 heteroatoms. The smallest absolute Gasteiger partial charge is 0.256 e. The van der Waals surface area contributed by atoms with Crippen molar-refractivity contribution in [1.29, 1.82) is 0 Å². The number of nitrogens with one attached hydrogen (secondary N) is 1. The summed E-state index contributed by atoms with van der Waals surface area (Å²) in [6.07, 6.45) is 0. The van der Waals surface area contributed by atoms with Gasteiger partial charge in [0.15, 0.2) is 0 Å². The molecule has 0 spiro atoms. The highest BCUT2D eigenvalue weighted by Gasteiger charge is 2.40. The van der Waals surface area contributed by atoms with Crippen molar-refractivity contribution < 1.29 is 9.90 Å². The Morgan fingerprint density at radius 1 is 1.26 bits per heavy atom. The molecule has 1 heterocycles. The van der Waals surface area contributed by atoms with Gasteiger partial charge in [-0.3, -0.25) is 4.79 Å². The van der Waals surface area contributed by atoms with Crippen LogP contribution in [0.2, 0.25) is 10.0 Å². The van der Waals surface area contributed by atoms with E-state index in [0.29, 0.717) is 21.2 Å². The molecule has 0 aromatic heterocycles. The predicted molar refractivity (Wildman–Crippen MR) is 77.7 cm³/mol. The van der Waals surface area contributed by atoms with Crippen molar-refractivity contribution in [3.63, 3.8) is 0 Å². The van der Waals surface area contributed by atoms with Crippen molar-refractivity contribution in [3.05, 3.63) is 38.6 Å². The number of carbonyl (C=O) groups excluding carboxylic acids is 1. The number of hydrogen-bond acceptors (Lipinski definition) is 2. The summed E-state index contributed by atoms with van der Waals surface area (Å²) in [5.41, 5.74) is 1.44. The average molecular weight is 300 g/mol. The van der Waals surface area contributed by atoms with Crippen molar-refractivity contribution in [2.75, 3.05) is 0 Å². The second-order valence-electron chi connectivity index (χ2n) is 5.29. The molecule has 1 aromatic carbocycles. The van der Waals surface area contributed by atoms with Crippen LogP contribution in [0.4, 0.5) is 0 Å². The lowest BCUT2D eigenvalue weighted by Gasteiger charge is -2.17. The number of halogens is 2. The number of aliphatic hydroxyl groups is 1. The molecule has 1 aliphatic heterocycles. The number of benzene rings is 1. The normalized spacial score (nSPS) is 17.9. The van der Waals surface area contributed by atoms with Crippen LogP contribution in [0.15, 0.2) is 11.8 Å². The fourth-order valence-electron chi connectivity index (χ4n) is 2.27. The minimum absolute atomic E-state index is 0.0116. The van der Waals surface area contributed by atoms with E-state index < -0.39 is 5.54 Å². The summed E-state index contributed by atoms with van der Waals surface area (Å²) in [5.74, 6) is -0.352. The number of aryl methyl sites for hydroxylation is 1. The van der Waals surface area contributed by atoms with Gasteiger partial charge < -0.3 is 10.4 Å². The third-order valence-electron chi connectivity index (χ3n) is 3.36. The fourth-order valence-corrected chi connectivity index (χ4v) is 2.82. The molecule has 0 saturated heterocycles. The van der Waals surface area contributed by atoms with Crippen molar-refractivity contribution in [3.8, 4) is 0 Å². The molecule has 0 unspecified atom stereocenters. The van der Waals surface area contributed by atoms with Crippen LogP contribution in [0.3, 0.4) is 0 Å². The fraction of sp³-hybridized carbons (Fsp3) is 0.357. The minimum Gasteiger partial charge on any atom is -0.509 e. The predicted octanol–water partition coefficient (Wildman–Crippen LogP) is 3.79. The van der Waals surface area contributed by atoms with Gasteiger partial charge in [-0.15, -0.1) is 0 Å². The second kappa shape index (κ2) is 4.43. The molecule has 0 bridgehead atoms. The monoisotopic (exact) mass is 299 g/mol. The first-order valence-corrected chi connectivity index (χ1v) is 6.64. The van der Waals surface area contributed by atoms with Crippen LogP contribution in [-0.2, 0) is 4.79 Å². The molecule has 0 fully saturated rings. The summed E-state index contributed by atoms with van der Waals surface area (Å²) in [4.78, 5) is 12.1. The number of hydrogen-bond donors (Lipinski definition) is 2. The van der Waals surface area contributed by atoms with Gasteiger partial charge in [0, 0.05) is 15.6 Å². The van der Waals surface area contributed by atoms with Gasteiger partial charge in [0.2, 0.25) is 0 Å². The van der Waals surface area contributed by atoms with Crippen LogP contribution < -0.4 is 5.32 Å². The average Bonchev–Trinajstić information content (AvgIpc) is 2.48. The Bertz CT molecular complexity index is 618. The molecule has 0 saturated carbocycles. The summed E-state index contributed by atoms with van der Waals surface area (Å²) in [6.45, 7) is 7.09. The van der Waals surface area contributed by atoms with Gasteiger partial charge in [-0.05, 0) is 44.9 Å². The van der Waals surface area contributed by atoms with Crippen molar-refractivity contribution in [1.82, 2.24) is 5.32 Å². The lowest BCUT2D eigenvalue weighted by atomic mass is 9.95. The highest BCUT2D eigenvalue weighted by atomic mass is 35.5. The first kappa shape index (κ1) is 14.2. The van der Waals surface area contributed by atoms with E-state index in [1.54, 1.807) is 26.8 Å². The zero-order valence-corrected chi connectivity index (χ0v) is 12.7. The van der Waals surface area contributed by atoms with E-state index in [0.717, 1.165) is 5.56 Å². The van der Waals surface area contributed by atoms with E-state index in [9.17, 15) is 9.90 Å². The van der Waals surface area contributed by atoms with Gasteiger partial charge in [0.25, 0.3) is 5.91 Å². The van der Waals surface area contributed by atoms with Gasteiger partial charge in [-0.25, -0.2) is 0 Å². The quantitative estimate of drug-likeness (QED) is 0.829. The summed E-state index contributed by atoms with van der Waals surface area (Å²) < 4.78 is 0. The maximum absolute atomic E-state index is 12.1. The maximum Gasteiger partial charge on any atom is 0.256 e. The number of carbonyl (C=O) groups is 1. The molecular weight excluding hydrogens is 285 g/mol. The molecule has 1 amide bonds. The Kier molecular flexibility index (Phi) is 3.31. The zero-order chi connectivity index (χ0) is 14.5. The molecule has 0 atom stereocenters. The topological polar surface area (TPSA) is 49.3 Å². The van der Waals surface area contributed by atoms with Crippen LogP contribution in [0.25, 0.3) is 5.57 Å². The summed E-state index contributed by atoms with van der Waals surface area (Å²) >= 11 is 12.4. The molecular formula is C14H15Cl2NO2. The number of aliphatic hydroxyl groups excluding tert-OH is 1. The zero-order valence-electron chi connectivity index (χ0n) is 11.2. The number of amides is 1. The third-order valence-corrected chi connectivity index (χ3v) is 4.24. The van der Waals surface area contributed by atoms with Crippen LogP contribution in [-0.4, -0.2) is 16.6 Å². The molecule has 3 nitrogen and oxygen atoms in total. The number of rotatable bonds is 1. The Morgan fingerprint density at radius 2 is 1.84 bits per heavy atom. The van der Waals surface area contributed by atoms with Crippen LogP contribution >= 0.6 is 23.2 Å². The van der Waals surface area contributed by atoms with Crippen LogP contribution in [0, 0.1) is 13.8 Å². The molecule has 19 heavy (non-hydrogen) atoms. The lowest BCUT2D eigenvalue weighted by Crippen LogP contribution is -2.38. The van der Waals surface area contributed by atoms with Crippen molar-refractivity contribution in [2.45, 2.75) is 33.2 Å². The Hall–Kier alpha value is -1.19. The van der Waals surface area contributed by atoms with E-state index in [1.807, 2.05) is 6.92 Å². The largest absolute Gasteiger partial charge is 0.509 e. The summed E-state index contributed by atoms with van der Waals surface area (Å²) in [7, 11) is 0. The summed E-state index contributed by atoms with van der Waals surface area (Å²) in [5, 5.41) is 13.9. The maximum atomic E-state index is 12.1.